The number of rotatable bonds is 6. The first-order valence-corrected chi connectivity index (χ1v) is 6.95. The summed E-state index contributed by atoms with van der Waals surface area (Å²) in [6.45, 7) is 4.83. The zero-order valence-electron chi connectivity index (χ0n) is 12.2. The highest BCUT2D eigenvalue weighted by Crippen LogP contribution is 2.19. The van der Waals surface area contributed by atoms with Gasteiger partial charge in [-0.25, -0.2) is 8.78 Å². The highest BCUT2D eigenvalue weighted by molar-refractivity contribution is 5.33. The lowest BCUT2D eigenvalue weighted by molar-refractivity contribution is 0.239. The standard InChI is InChI=1S/C17H19F2NO/c1-12(2)21-17-6-4-3-5-14(17)11-20-10-13-7-8-15(18)9-16(13)19/h3-9,12,20H,10-11H2,1-2H3. The van der Waals surface area contributed by atoms with Crippen molar-refractivity contribution in [2.24, 2.45) is 0 Å². The highest BCUT2D eigenvalue weighted by Gasteiger charge is 2.06. The van der Waals surface area contributed by atoms with Crippen LogP contribution in [0.25, 0.3) is 0 Å². The molecule has 2 aromatic rings. The minimum atomic E-state index is -0.563. The van der Waals surface area contributed by atoms with Crippen LogP contribution in [0.2, 0.25) is 0 Å². The van der Waals surface area contributed by atoms with Crippen LogP contribution >= 0.6 is 0 Å². The lowest BCUT2D eigenvalue weighted by Crippen LogP contribution is -2.15. The quantitative estimate of drug-likeness (QED) is 0.867. The van der Waals surface area contributed by atoms with Crippen molar-refractivity contribution in [3.8, 4) is 5.75 Å². The van der Waals surface area contributed by atoms with Crippen molar-refractivity contribution in [1.82, 2.24) is 5.32 Å². The second-order valence-electron chi connectivity index (χ2n) is 5.11. The Morgan fingerprint density at radius 3 is 2.43 bits per heavy atom. The summed E-state index contributed by atoms with van der Waals surface area (Å²) >= 11 is 0. The van der Waals surface area contributed by atoms with Gasteiger partial charge in [-0.15, -0.1) is 0 Å². The van der Waals surface area contributed by atoms with Crippen LogP contribution in [-0.2, 0) is 13.1 Å². The first-order valence-electron chi connectivity index (χ1n) is 6.95. The summed E-state index contributed by atoms with van der Waals surface area (Å²) in [4.78, 5) is 0. The molecule has 21 heavy (non-hydrogen) atoms. The first-order chi connectivity index (χ1) is 10.1. The number of halogens is 2. The maximum Gasteiger partial charge on any atom is 0.130 e. The SMILES string of the molecule is CC(C)Oc1ccccc1CNCc1ccc(F)cc1F. The molecule has 0 amide bonds. The Morgan fingerprint density at radius 2 is 1.71 bits per heavy atom. The third kappa shape index (κ3) is 4.53. The molecule has 0 saturated carbocycles. The molecule has 0 aliphatic heterocycles. The van der Waals surface area contributed by atoms with E-state index < -0.39 is 11.6 Å². The molecule has 0 heterocycles. The summed E-state index contributed by atoms with van der Waals surface area (Å²) in [5, 5.41) is 3.15. The topological polar surface area (TPSA) is 21.3 Å². The third-order valence-corrected chi connectivity index (χ3v) is 2.98. The fourth-order valence-electron chi connectivity index (χ4n) is 2.02. The fraction of sp³-hybridized carbons (Fsp3) is 0.294. The summed E-state index contributed by atoms with van der Waals surface area (Å²) in [6.07, 6.45) is 0.0979. The third-order valence-electron chi connectivity index (χ3n) is 2.98. The van der Waals surface area contributed by atoms with Gasteiger partial charge in [0.2, 0.25) is 0 Å². The molecule has 2 aromatic carbocycles. The Kier molecular flexibility index (Phi) is 5.28. The monoisotopic (exact) mass is 291 g/mol. The van der Waals surface area contributed by atoms with E-state index in [1.54, 1.807) is 0 Å². The normalized spacial score (nSPS) is 10.9. The number of hydrogen-bond acceptors (Lipinski definition) is 2. The van der Waals surface area contributed by atoms with Gasteiger partial charge in [-0.1, -0.05) is 24.3 Å². The van der Waals surface area contributed by atoms with Crippen molar-refractivity contribution in [2.45, 2.75) is 33.0 Å². The molecule has 0 aliphatic rings. The van der Waals surface area contributed by atoms with Gasteiger partial charge in [0.05, 0.1) is 6.10 Å². The Balaban J connectivity index is 1.97. The van der Waals surface area contributed by atoms with E-state index in [2.05, 4.69) is 5.32 Å². The molecule has 0 bridgehead atoms. The number of ether oxygens (including phenoxy) is 1. The van der Waals surface area contributed by atoms with Gasteiger partial charge in [0.15, 0.2) is 0 Å². The van der Waals surface area contributed by atoms with Crippen molar-refractivity contribution in [3.05, 3.63) is 65.2 Å². The number of benzene rings is 2. The largest absolute Gasteiger partial charge is 0.491 e. The number of para-hydroxylation sites is 1. The molecule has 0 aromatic heterocycles. The van der Waals surface area contributed by atoms with Gasteiger partial charge in [0.1, 0.15) is 17.4 Å². The van der Waals surface area contributed by atoms with Crippen molar-refractivity contribution in [2.75, 3.05) is 0 Å². The molecule has 0 radical (unpaired) electrons. The summed E-state index contributed by atoms with van der Waals surface area (Å²) in [5.41, 5.74) is 1.45. The molecule has 0 saturated heterocycles. The summed E-state index contributed by atoms with van der Waals surface area (Å²) < 4.78 is 32.1. The second kappa shape index (κ2) is 7.18. The molecule has 112 valence electrons. The van der Waals surface area contributed by atoms with Gasteiger partial charge in [0, 0.05) is 30.3 Å². The maximum absolute atomic E-state index is 13.5. The first kappa shape index (κ1) is 15.4. The van der Waals surface area contributed by atoms with E-state index in [1.165, 1.54) is 12.1 Å². The van der Waals surface area contributed by atoms with E-state index in [-0.39, 0.29) is 6.10 Å². The van der Waals surface area contributed by atoms with Crippen LogP contribution in [0.5, 0.6) is 5.75 Å². The maximum atomic E-state index is 13.5. The van der Waals surface area contributed by atoms with Crippen molar-refractivity contribution in [1.29, 1.82) is 0 Å². The lowest BCUT2D eigenvalue weighted by Gasteiger charge is -2.14. The lowest BCUT2D eigenvalue weighted by atomic mass is 10.1. The number of hydrogen-bond donors (Lipinski definition) is 1. The zero-order chi connectivity index (χ0) is 15.2. The van der Waals surface area contributed by atoms with E-state index in [0.717, 1.165) is 17.4 Å². The van der Waals surface area contributed by atoms with E-state index in [0.29, 0.717) is 18.7 Å². The zero-order valence-corrected chi connectivity index (χ0v) is 12.2. The van der Waals surface area contributed by atoms with Crippen LogP contribution in [-0.4, -0.2) is 6.10 Å². The van der Waals surface area contributed by atoms with E-state index in [1.807, 2.05) is 38.1 Å². The Bertz CT molecular complexity index is 599. The second-order valence-corrected chi connectivity index (χ2v) is 5.11. The Morgan fingerprint density at radius 1 is 1.00 bits per heavy atom. The molecule has 0 spiro atoms. The van der Waals surface area contributed by atoms with E-state index in [9.17, 15) is 8.78 Å². The van der Waals surface area contributed by atoms with E-state index in [4.69, 9.17) is 4.74 Å². The highest BCUT2D eigenvalue weighted by atomic mass is 19.1. The molecule has 0 fully saturated rings. The minimum absolute atomic E-state index is 0.0979. The van der Waals surface area contributed by atoms with Crippen LogP contribution in [0.3, 0.4) is 0 Å². The van der Waals surface area contributed by atoms with Gasteiger partial charge in [-0.3, -0.25) is 0 Å². The van der Waals surface area contributed by atoms with Gasteiger partial charge < -0.3 is 10.1 Å². The number of nitrogens with one attached hydrogen (secondary N) is 1. The summed E-state index contributed by atoms with van der Waals surface area (Å²) in [6, 6.07) is 11.3. The van der Waals surface area contributed by atoms with Gasteiger partial charge >= 0.3 is 0 Å². The average Bonchev–Trinajstić information content (AvgIpc) is 2.42. The smallest absolute Gasteiger partial charge is 0.130 e. The van der Waals surface area contributed by atoms with Crippen molar-refractivity contribution in [3.63, 3.8) is 0 Å². The summed E-state index contributed by atoms with van der Waals surface area (Å²) in [5.74, 6) is -0.277. The molecule has 2 rings (SSSR count). The van der Waals surface area contributed by atoms with Gasteiger partial charge in [-0.05, 0) is 26.0 Å². The molecular formula is C17H19F2NO. The average molecular weight is 291 g/mol. The Hall–Kier alpha value is -1.94. The van der Waals surface area contributed by atoms with Crippen LogP contribution < -0.4 is 10.1 Å². The molecular weight excluding hydrogens is 272 g/mol. The molecule has 4 heteroatoms. The predicted molar refractivity (Wildman–Crippen MR) is 79.1 cm³/mol. The van der Waals surface area contributed by atoms with Gasteiger partial charge in [0.25, 0.3) is 0 Å². The van der Waals surface area contributed by atoms with Crippen LogP contribution in [0.4, 0.5) is 8.78 Å². The van der Waals surface area contributed by atoms with E-state index >= 15 is 0 Å². The van der Waals surface area contributed by atoms with Crippen molar-refractivity contribution < 1.29 is 13.5 Å². The van der Waals surface area contributed by atoms with Gasteiger partial charge in [-0.2, -0.15) is 0 Å². The van der Waals surface area contributed by atoms with Crippen molar-refractivity contribution >= 4 is 0 Å². The molecule has 1 N–H and O–H groups in total. The van der Waals surface area contributed by atoms with Crippen LogP contribution in [0, 0.1) is 11.6 Å². The fourth-order valence-corrected chi connectivity index (χ4v) is 2.02. The molecule has 0 atom stereocenters. The van der Waals surface area contributed by atoms with Crippen LogP contribution in [0.15, 0.2) is 42.5 Å². The molecule has 0 unspecified atom stereocenters. The molecule has 2 nitrogen and oxygen atoms in total. The Labute approximate surface area is 123 Å². The van der Waals surface area contributed by atoms with Crippen LogP contribution in [0.1, 0.15) is 25.0 Å². The summed E-state index contributed by atoms with van der Waals surface area (Å²) in [7, 11) is 0. The predicted octanol–water partition coefficient (Wildman–Crippen LogP) is 4.04. The molecule has 0 aliphatic carbocycles. The minimum Gasteiger partial charge on any atom is -0.491 e.